The highest BCUT2D eigenvalue weighted by atomic mass is 35.5. The zero-order chi connectivity index (χ0) is 33.6. The van der Waals surface area contributed by atoms with E-state index in [-0.39, 0.29) is 53.2 Å². The van der Waals surface area contributed by atoms with Crippen LogP contribution in [0.15, 0.2) is 46.7 Å². The summed E-state index contributed by atoms with van der Waals surface area (Å²) < 4.78 is 44.8. The molecule has 1 fully saturated rings. The maximum Gasteiger partial charge on any atom is 0.418 e. The minimum atomic E-state index is -4.77. The molecule has 0 radical (unpaired) electrons. The quantitative estimate of drug-likeness (QED) is 0.230. The van der Waals surface area contributed by atoms with Crippen LogP contribution < -0.4 is 10.5 Å². The molecule has 0 spiro atoms. The average molecular weight is 677 g/mol. The highest BCUT2D eigenvalue weighted by Gasteiger charge is 2.38. The summed E-state index contributed by atoms with van der Waals surface area (Å²) in [5, 5.41) is 21.5. The van der Waals surface area contributed by atoms with Crippen LogP contribution in [0, 0.1) is 30.1 Å². The number of nitriles is 1. The van der Waals surface area contributed by atoms with Crippen LogP contribution in [0.2, 0.25) is 5.02 Å². The van der Waals surface area contributed by atoms with Crippen molar-refractivity contribution in [2.75, 3.05) is 38.1 Å². The Kier molecular flexibility index (Phi) is 8.40. The van der Waals surface area contributed by atoms with E-state index in [0.717, 1.165) is 6.07 Å². The molecule has 0 unspecified atom stereocenters. The molecule has 238 valence electrons. The number of anilines is 1. The van der Waals surface area contributed by atoms with Crippen molar-refractivity contribution in [3.63, 3.8) is 0 Å². The van der Waals surface area contributed by atoms with Gasteiger partial charge in [0.1, 0.15) is 11.9 Å². The van der Waals surface area contributed by atoms with Crippen molar-refractivity contribution in [1.82, 2.24) is 19.4 Å². The van der Waals surface area contributed by atoms with Gasteiger partial charge in [0, 0.05) is 59.5 Å². The Morgan fingerprint density at radius 1 is 1.15 bits per heavy atom. The molecule has 1 saturated heterocycles. The van der Waals surface area contributed by atoms with Crippen molar-refractivity contribution in [3.8, 4) is 29.0 Å². The van der Waals surface area contributed by atoms with Gasteiger partial charge in [0.05, 0.1) is 50.0 Å². The lowest BCUT2D eigenvalue weighted by Crippen LogP contribution is -2.45. The monoisotopic (exact) mass is 676 g/mol. The number of carboxylic acid groups (broad SMARTS) is 1. The number of likely N-dealkylation sites (N-methyl/N-ethyl adjacent to an activating group) is 1. The van der Waals surface area contributed by atoms with Crippen molar-refractivity contribution in [2.45, 2.75) is 19.6 Å². The molecular weight excluding hydrogens is 653 g/mol. The molecule has 1 aliphatic heterocycles. The van der Waals surface area contributed by atoms with Crippen molar-refractivity contribution < 1.29 is 23.1 Å². The molecule has 9 nitrogen and oxygen atoms in total. The molecule has 1 N–H and O–H groups in total. The molecule has 1 aliphatic rings. The number of fused-ring (bicyclic) bond motifs is 2. The zero-order valence-electron chi connectivity index (χ0n) is 24.9. The Labute approximate surface area is 275 Å². The SMILES string of the molecule is Cc1nc2cc(C(F)(F)F)c(N3CCN(C)CC3)c(C#N)c2c(=O)n1CC#Cc1ccc(Cl)cc1-c1ccnc2c(C(=O)O)csc12. The minimum Gasteiger partial charge on any atom is -0.478 e. The molecule has 0 atom stereocenters. The summed E-state index contributed by atoms with van der Waals surface area (Å²) >= 11 is 7.56. The van der Waals surface area contributed by atoms with Gasteiger partial charge in [-0.1, -0.05) is 23.4 Å². The highest BCUT2D eigenvalue weighted by molar-refractivity contribution is 7.18. The van der Waals surface area contributed by atoms with E-state index < -0.39 is 23.3 Å². The first-order chi connectivity index (χ1) is 22.4. The van der Waals surface area contributed by atoms with Crippen LogP contribution in [0.1, 0.15) is 32.9 Å². The summed E-state index contributed by atoms with van der Waals surface area (Å²) in [4.78, 5) is 37.6. The predicted octanol–water partition coefficient (Wildman–Crippen LogP) is 6.03. The Hall–Kier alpha value is -4.95. The lowest BCUT2D eigenvalue weighted by Gasteiger charge is -2.36. The predicted molar refractivity (Wildman–Crippen MR) is 174 cm³/mol. The first kappa shape index (κ1) is 32.0. The van der Waals surface area contributed by atoms with Crippen LogP contribution >= 0.6 is 22.9 Å². The van der Waals surface area contributed by atoms with E-state index in [0.29, 0.717) is 45.0 Å². The van der Waals surface area contributed by atoms with E-state index in [4.69, 9.17) is 11.6 Å². The number of piperazine rings is 1. The Bertz CT molecular complexity index is 2260. The Morgan fingerprint density at radius 3 is 2.57 bits per heavy atom. The molecule has 5 aromatic rings. The number of carbonyl (C=O) groups is 1. The molecule has 47 heavy (non-hydrogen) atoms. The van der Waals surface area contributed by atoms with E-state index in [2.05, 4.69) is 21.8 Å². The number of rotatable bonds is 4. The molecule has 0 amide bonds. The van der Waals surface area contributed by atoms with Crippen molar-refractivity contribution >= 4 is 55.7 Å². The summed E-state index contributed by atoms with van der Waals surface area (Å²) in [6, 6.07) is 9.52. The molecule has 6 rings (SSSR count). The van der Waals surface area contributed by atoms with Crippen molar-refractivity contribution in [2.24, 2.45) is 0 Å². The van der Waals surface area contributed by atoms with Gasteiger partial charge in [0.25, 0.3) is 5.56 Å². The smallest absolute Gasteiger partial charge is 0.418 e. The van der Waals surface area contributed by atoms with Crippen LogP contribution in [0.5, 0.6) is 0 Å². The summed E-state index contributed by atoms with van der Waals surface area (Å²) in [6.45, 7) is 2.84. The first-order valence-electron chi connectivity index (χ1n) is 14.3. The minimum absolute atomic E-state index is 0.0787. The second kappa shape index (κ2) is 12.3. The Balaban J connectivity index is 1.45. The number of pyridine rings is 1. The van der Waals surface area contributed by atoms with E-state index in [1.807, 2.05) is 18.0 Å². The molecule has 2 aromatic carbocycles. The molecule has 0 bridgehead atoms. The van der Waals surface area contributed by atoms with E-state index in [1.54, 1.807) is 24.3 Å². The molecule has 0 aliphatic carbocycles. The van der Waals surface area contributed by atoms with Gasteiger partial charge in [0.2, 0.25) is 0 Å². The van der Waals surface area contributed by atoms with Gasteiger partial charge in [-0.3, -0.25) is 14.3 Å². The normalized spacial score (nSPS) is 13.9. The lowest BCUT2D eigenvalue weighted by atomic mass is 9.99. The summed E-state index contributed by atoms with van der Waals surface area (Å²) in [7, 11) is 1.86. The van der Waals surface area contributed by atoms with E-state index >= 15 is 0 Å². The second-order valence-electron chi connectivity index (χ2n) is 11.0. The molecular formula is C33H24ClF3N6O3S. The number of aromatic carboxylic acids is 1. The summed E-state index contributed by atoms with van der Waals surface area (Å²) in [5.41, 5.74) is -0.307. The molecule has 0 saturated carbocycles. The van der Waals surface area contributed by atoms with Gasteiger partial charge < -0.3 is 14.9 Å². The van der Waals surface area contributed by atoms with Gasteiger partial charge in [-0.25, -0.2) is 9.78 Å². The molecule has 3 aromatic heterocycles. The standard InChI is InChI=1S/C33H24ClF3N6O3S/c1-18-40-26-15-25(33(35,36)37)29(42-12-10-41(2)11-13-42)23(16-38)27(26)31(44)43(18)9-3-4-19-5-6-20(34)14-22(19)21-7-8-39-28-24(32(45)46)17-47-30(21)28/h5-8,14-15,17H,9-13H2,1-2H3,(H,45,46). The largest absolute Gasteiger partial charge is 0.478 e. The zero-order valence-corrected chi connectivity index (χ0v) is 26.5. The number of benzene rings is 2. The van der Waals surface area contributed by atoms with E-state index in [9.17, 15) is 33.1 Å². The highest BCUT2D eigenvalue weighted by Crippen LogP contribution is 2.41. The number of aromatic nitrogens is 3. The van der Waals surface area contributed by atoms with Crippen LogP contribution in [-0.2, 0) is 12.7 Å². The third kappa shape index (κ3) is 5.89. The second-order valence-corrected chi connectivity index (χ2v) is 12.3. The van der Waals surface area contributed by atoms with Gasteiger partial charge in [0.15, 0.2) is 0 Å². The number of carboxylic acids is 1. The van der Waals surface area contributed by atoms with E-state index in [1.165, 1.54) is 39.3 Å². The van der Waals surface area contributed by atoms with Crippen LogP contribution in [-0.4, -0.2) is 63.7 Å². The fraction of sp³-hybridized carbons (Fsp3) is 0.242. The number of halogens is 4. The van der Waals surface area contributed by atoms with Crippen molar-refractivity contribution in [3.05, 3.63) is 85.4 Å². The van der Waals surface area contributed by atoms with Crippen LogP contribution in [0.25, 0.3) is 32.2 Å². The topological polar surface area (TPSA) is 115 Å². The summed E-state index contributed by atoms with van der Waals surface area (Å²) in [5.74, 6) is 5.06. The van der Waals surface area contributed by atoms with Crippen LogP contribution in [0.4, 0.5) is 18.9 Å². The van der Waals surface area contributed by atoms with Gasteiger partial charge >= 0.3 is 12.1 Å². The maximum absolute atomic E-state index is 14.3. The number of aryl methyl sites for hydroxylation is 1. The average Bonchev–Trinajstić information content (AvgIpc) is 3.47. The van der Waals surface area contributed by atoms with Crippen LogP contribution in [0.3, 0.4) is 0 Å². The third-order valence-corrected chi connectivity index (χ3v) is 9.30. The lowest BCUT2D eigenvalue weighted by molar-refractivity contribution is -0.137. The van der Waals surface area contributed by atoms with Gasteiger partial charge in [-0.2, -0.15) is 18.4 Å². The number of hydrogen-bond donors (Lipinski definition) is 1. The third-order valence-electron chi connectivity index (χ3n) is 8.06. The number of hydrogen-bond acceptors (Lipinski definition) is 8. The Morgan fingerprint density at radius 2 is 1.89 bits per heavy atom. The fourth-order valence-corrected chi connectivity index (χ4v) is 6.91. The first-order valence-corrected chi connectivity index (χ1v) is 15.5. The van der Waals surface area contributed by atoms with Gasteiger partial charge in [-0.15, -0.1) is 11.3 Å². The van der Waals surface area contributed by atoms with Crippen molar-refractivity contribution in [1.29, 1.82) is 5.26 Å². The number of thiophene rings is 1. The van der Waals surface area contributed by atoms with Gasteiger partial charge in [-0.05, 0) is 44.3 Å². The fourth-order valence-electron chi connectivity index (χ4n) is 5.71. The molecule has 4 heterocycles. The summed E-state index contributed by atoms with van der Waals surface area (Å²) in [6.07, 6.45) is -3.27. The number of nitrogens with zero attached hydrogens (tertiary/aromatic N) is 6. The number of alkyl halides is 3. The maximum atomic E-state index is 14.3. The molecule has 14 heteroatoms.